The lowest BCUT2D eigenvalue weighted by Crippen LogP contribution is -2.31. The van der Waals surface area contributed by atoms with E-state index < -0.39 is 28.4 Å². The predicted octanol–water partition coefficient (Wildman–Crippen LogP) is 3.05. The summed E-state index contributed by atoms with van der Waals surface area (Å²) in [4.78, 5) is 37.1. The van der Waals surface area contributed by atoms with Crippen LogP contribution in [0.3, 0.4) is 0 Å². The Bertz CT molecular complexity index is 1000. The molecule has 1 atom stereocenters. The fourth-order valence-electron chi connectivity index (χ4n) is 3.27. The first-order valence-electron chi connectivity index (χ1n) is 8.74. The number of likely N-dealkylation sites (tertiary alicyclic amines) is 1. The average molecular weight is 417 g/mol. The molecule has 3 rings (SSSR count). The van der Waals surface area contributed by atoms with Gasteiger partial charge in [0.25, 0.3) is 17.4 Å². The van der Waals surface area contributed by atoms with Crippen molar-refractivity contribution in [1.29, 1.82) is 0 Å². The van der Waals surface area contributed by atoms with E-state index in [0.29, 0.717) is 10.6 Å². The molecule has 1 fully saturated rings. The number of Topliss-reactive ketones (excluding diaryl/α,β-unsaturated/α-hetero) is 1. The zero-order chi connectivity index (χ0) is 21.1. The number of nitro groups is 1. The van der Waals surface area contributed by atoms with E-state index in [1.165, 1.54) is 47.4 Å². The molecule has 1 heterocycles. The van der Waals surface area contributed by atoms with E-state index in [1.807, 2.05) is 0 Å². The van der Waals surface area contributed by atoms with Crippen molar-refractivity contribution in [3.63, 3.8) is 0 Å². The molecule has 1 amide bonds. The van der Waals surface area contributed by atoms with Gasteiger partial charge in [0.15, 0.2) is 0 Å². The summed E-state index contributed by atoms with van der Waals surface area (Å²) in [6.07, 6.45) is 0.208. The summed E-state index contributed by atoms with van der Waals surface area (Å²) in [5.74, 6) is -2.14. The molecule has 29 heavy (non-hydrogen) atoms. The standard InChI is InChI=1S/C20H17ClN2O6/c21-14-7-5-12(6-8-14)18(25)16-17(13-3-1-4-15(11-13)23(28)29)22(9-2-10-24)20(27)19(16)26/h1,3-8,11,17,24-25H,2,9-10H2/b18-16-. The van der Waals surface area contributed by atoms with Crippen LogP contribution in [0.25, 0.3) is 5.76 Å². The van der Waals surface area contributed by atoms with Crippen LogP contribution in [-0.4, -0.2) is 44.9 Å². The Balaban J connectivity index is 2.18. The zero-order valence-electron chi connectivity index (χ0n) is 15.1. The van der Waals surface area contributed by atoms with E-state index in [-0.39, 0.29) is 36.4 Å². The van der Waals surface area contributed by atoms with Crippen LogP contribution in [0.1, 0.15) is 23.6 Å². The highest BCUT2D eigenvalue weighted by atomic mass is 35.5. The van der Waals surface area contributed by atoms with E-state index in [0.717, 1.165) is 0 Å². The summed E-state index contributed by atoms with van der Waals surface area (Å²) in [5, 5.41) is 31.6. The van der Waals surface area contributed by atoms with Gasteiger partial charge in [-0.3, -0.25) is 19.7 Å². The van der Waals surface area contributed by atoms with Crippen molar-refractivity contribution < 1.29 is 24.7 Å². The quantitative estimate of drug-likeness (QED) is 0.245. The van der Waals surface area contributed by atoms with Gasteiger partial charge in [-0.2, -0.15) is 0 Å². The number of rotatable bonds is 6. The molecular weight excluding hydrogens is 400 g/mol. The molecule has 8 nitrogen and oxygen atoms in total. The highest BCUT2D eigenvalue weighted by Gasteiger charge is 2.46. The van der Waals surface area contributed by atoms with Crippen molar-refractivity contribution in [2.75, 3.05) is 13.2 Å². The van der Waals surface area contributed by atoms with E-state index in [4.69, 9.17) is 16.7 Å². The maximum atomic E-state index is 12.7. The summed E-state index contributed by atoms with van der Waals surface area (Å²) < 4.78 is 0. The van der Waals surface area contributed by atoms with Gasteiger partial charge >= 0.3 is 0 Å². The third-order valence-corrected chi connectivity index (χ3v) is 4.86. The van der Waals surface area contributed by atoms with Gasteiger partial charge in [0.05, 0.1) is 16.5 Å². The highest BCUT2D eigenvalue weighted by Crippen LogP contribution is 2.40. The molecular formula is C20H17ClN2O6. The van der Waals surface area contributed by atoms with E-state index >= 15 is 0 Å². The Morgan fingerprint density at radius 2 is 1.86 bits per heavy atom. The van der Waals surface area contributed by atoms with Crippen molar-refractivity contribution in [3.8, 4) is 0 Å². The number of aliphatic hydroxyl groups excluding tert-OH is 2. The minimum atomic E-state index is -1.02. The average Bonchev–Trinajstić information content (AvgIpc) is 2.97. The van der Waals surface area contributed by atoms with Gasteiger partial charge in [-0.1, -0.05) is 23.7 Å². The van der Waals surface area contributed by atoms with Crippen molar-refractivity contribution in [3.05, 3.63) is 80.4 Å². The molecule has 0 saturated carbocycles. The normalized spacial score (nSPS) is 18.3. The summed E-state index contributed by atoms with van der Waals surface area (Å²) in [5.41, 5.74) is 0.217. The van der Waals surface area contributed by atoms with Crippen LogP contribution in [0.4, 0.5) is 5.69 Å². The summed E-state index contributed by atoms with van der Waals surface area (Å²) >= 11 is 5.87. The van der Waals surface area contributed by atoms with Crippen LogP contribution in [0, 0.1) is 10.1 Å². The first-order chi connectivity index (χ1) is 13.8. The molecule has 150 valence electrons. The lowest BCUT2D eigenvalue weighted by molar-refractivity contribution is -0.384. The zero-order valence-corrected chi connectivity index (χ0v) is 15.9. The smallest absolute Gasteiger partial charge is 0.295 e. The predicted molar refractivity (Wildman–Crippen MR) is 105 cm³/mol. The summed E-state index contributed by atoms with van der Waals surface area (Å²) in [7, 11) is 0. The van der Waals surface area contributed by atoms with Gasteiger partial charge in [0, 0.05) is 35.9 Å². The first kappa shape index (κ1) is 20.5. The number of aliphatic hydroxyl groups is 2. The molecule has 9 heteroatoms. The SMILES string of the molecule is O=C1C(=O)N(CCCO)C(c2cccc([N+](=O)[O-])c2)/C1=C(/O)c1ccc(Cl)cc1. The second kappa shape index (κ2) is 8.42. The molecule has 1 aliphatic rings. The third-order valence-electron chi connectivity index (χ3n) is 4.61. The minimum Gasteiger partial charge on any atom is -0.507 e. The molecule has 0 aliphatic carbocycles. The molecule has 1 unspecified atom stereocenters. The molecule has 0 spiro atoms. The van der Waals surface area contributed by atoms with Gasteiger partial charge in [0.2, 0.25) is 0 Å². The molecule has 1 aliphatic heterocycles. The fourth-order valence-corrected chi connectivity index (χ4v) is 3.40. The van der Waals surface area contributed by atoms with Crippen LogP contribution in [-0.2, 0) is 9.59 Å². The van der Waals surface area contributed by atoms with Gasteiger partial charge in [-0.15, -0.1) is 0 Å². The molecule has 0 radical (unpaired) electrons. The van der Waals surface area contributed by atoms with Gasteiger partial charge in [-0.25, -0.2) is 0 Å². The molecule has 2 N–H and O–H groups in total. The van der Waals surface area contributed by atoms with Gasteiger partial charge in [-0.05, 0) is 36.2 Å². The van der Waals surface area contributed by atoms with Crippen molar-refractivity contribution in [1.82, 2.24) is 4.90 Å². The third kappa shape index (κ3) is 3.98. The van der Waals surface area contributed by atoms with Crippen LogP contribution < -0.4 is 0 Å². The lowest BCUT2D eigenvalue weighted by Gasteiger charge is -2.25. The van der Waals surface area contributed by atoms with E-state index in [2.05, 4.69) is 0 Å². The molecule has 1 saturated heterocycles. The van der Waals surface area contributed by atoms with Crippen LogP contribution in [0.5, 0.6) is 0 Å². The fraction of sp³-hybridized carbons (Fsp3) is 0.200. The second-order valence-electron chi connectivity index (χ2n) is 6.43. The Labute approximate surface area is 170 Å². The van der Waals surface area contributed by atoms with Crippen LogP contribution in [0.15, 0.2) is 54.1 Å². The maximum absolute atomic E-state index is 12.7. The topological polar surface area (TPSA) is 121 Å². The maximum Gasteiger partial charge on any atom is 0.295 e. The summed E-state index contributed by atoms with van der Waals surface area (Å²) in [6.45, 7) is -0.159. The number of carbonyl (C=O) groups is 2. The number of nitrogens with zero attached hydrogens (tertiary/aromatic N) is 2. The number of amides is 1. The largest absolute Gasteiger partial charge is 0.507 e. The Kier molecular flexibility index (Phi) is 5.95. The number of carbonyl (C=O) groups excluding carboxylic acids is 2. The van der Waals surface area contributed by atoms with Crippen molar-refractivity contribution in [2.45, 2.75) is 12.5 Å². The lowest BCUT2D eigenvalue weighted by atomic mass is 9.95. The van der Waals surface area contributed by atoms with E-state index in [9.17, 15) is 24.8 Å². The van der Waals surface area contributed by atoms with Gasteiger partial charge < -0.3 is 15.1 Å². The van der Waals surface area contributed by atoms with Crippen LogP contribution >= 0.6 is 11.6 Å². The Morgan fingerprint density at radius 1 is 1.17 bits per heavy atom. The molecule has 0 bridgehead atoms. The number of hydrogen-bond acceptors (Lipinski definition) is 6. The number of non-ortho nitro benzene ring substituents is 1. The Hall–Kier alpha value is -3.23. The summed E-state index contributed by atoms with van der Waals surface area (Å²) in [6, 6.07) is 10.6. The van der Waals surface area contributed by atoms with E-state index in [1.54, 1.807) is 6.07 Å². The number of halogens is 1. The number of benzene rings is 2. The molecule has 2 aromatic rings. The Morgan fingerprint density at radius 3 is 2.48 bits per heavy atom. The highest BCUT2D eigenvalue weighted by molar-refractivity contribution is 6.46. The monoisotopic (exact) mass is 416 g/mol. The second-order valence-corrected chi connectivity index (χ2v) is 6.87. The van der Waals surface area contributed by atoms with Crippen LogP contribution in [0.2, 0.25) is 5.02 Å². The van der Waals surface area contributed by atoms with Gasteiger partial charge in [0.1, 0.15) is 5.76 Å². The minimum absolute atomic E-state index is 0.0475. The van der Waals surface area contributed by atoms with Crippen molar-refractivity contribution >= 4 is 34.7 Å². The molecule has 0 aromatic heterocycles. The number of nitro benzene ring substituents is 1. The number of ketones is 1. The van der Waals surface area contributed by atoms with Crippen molar-refractivity contribution in [2.24, 2.45) is 0 Å². The molecule has 2 aromatic carbocycles. The first-order valence-corrected chi connectivity index (χ1v) is 9.12. The number of hydrogen-bond donors (Lipinski definition) is 2.